The van der Waals surface area contributed by atoms with Crippen molar-refractivity contribution in [3.8, 4) is 0 Å². The molecule has 1 nitrogen and oxygen atoms in total. The highest BCUT2D eigenvalue weighted by Crippen LogP contribution is 2.34. The number of hydrogen-bond acceptors (Lipinski definition) is 1. The fourth-order valence-electron chi connectivity index (χ4n) is 1.78. The van der Waals surface area contributed by atoms with Gasteiger partial charge in [0.05, 0.1) is 0 Å². The summed E-state index contributed by atoms with van der Waals surface area (Å²) in [5, 5.41) is 3.38. The molecular weight excluding hydrogens is 122 g/mol. The van der Waals surface area contributed by atoms with E-state index in [1.54, 1.807) is 0 Å². The lowest BCUT2D eigenvalue weighted by Crippen LogP contribution is -2.22. The SMILES string of the molecule is C=C(C)[C@H]1CNCC1(C)C. The molecule has 0 spiro atoms. The van der Waals surface area contributed by atoms with E-state index in [2.05, 4.69) is 32.7 Å². The molecule has 1 heteroatoms. The zero-order chi connectivity index (χ0) is 7.78. The first-order valence-corrected chi connectivity index (χ1v) is 3.90. The van der Waals surface area contributed by atoms with Crippen LogP contribution in [0.3, 0.4) is 0 Å². The molecule has 0 aromatic carbocycles. The van der Waals surface area contributed by atoms with Crippen LogP contribution in [0.2, 0.25) is 0 Å². The van der Waals surface area contributed by atoms with E-state index in [4.69, 9.17) is 0 Å². The first-order chi connectivity index (χ1) is 4.54. The van der Waals surface area contributed by atoms with Crippen molar-refractivity contribution >= 4 is 0 Å². The Labute approximate surface area is 63.5 Å². The molecule has 10 heavy (non-hydrogen) atoms. The van der Waals surface area contributed by atoms with Crippen LogP contribution in [0.1, 0.15) is 20.8 Å². The molecular formula is C9H17N. The van der Waals surface area contributed by atoms with Gasteiger partial charge < -0.3 is 5.32 Å². The molecule has 1 rings (SSSR count). The number of rotatable bonds is 1. The lowest BCUT2D eigenvalue weighted by Gasteiger charge is -2.25. The largest absolute Gasteiger partial charge is 0.316 e. The first kappa shape index (κ1) is 7.80. The van der Waals surface area contributed by atoms with Crippen molar-refractivity contribution in [2.24, 2.45) is 11.3 Å². The van der Waals surface area contributed by atoms with Crippen molar-refractivity contribution in [1.29, 1.82) is 0 Å². The Morgan fingerprint density at radius 3 is 2.40 bits per heavy atom. The van der Waals surface area contributed by atoms with Crippen molar-refractivity contribution in [3.05, 3.63) is 12.2 Å². The third-order valence-electron chi connectivity index (χ3n) is 2.47. The molecule has 0 bridgehead atoms. The van der Waals surface area contributed by atoms with Gasteiger partial charge in [-0.2, -0.15) is 0 Å². The van der Waals surface area contributed by atoms with E-state index in [-0.39, 0.29) is 0 Å². The van der Waals surface area contributed by atoms with Crippen LogP contribution in [0, 0.1) is 11.3 Å². The van der Waals surface area contributed by atoms with Gasteiger partial charge in [-0.25, -0.2) is 0 Å². The second-order valence-electron chi connectivity index (χ2n) is 4.02. The third-order valence-corrected chi connectivity index (χ3v) is 2.47. The molecule has 0 aromatic heterocycles. The quantitative estimate of drug-likeness (QED) is 0.546. The van der Waals surface area contributed by atoms with Gasteiger partial charge in [-0.1, -0.05) is 26.0 Å². The summed E-state index contributed by atoms with van der Waals surface area (Å²) >= 11 is 0. The molecule has 0 unspecified atom stereocenters. The molecule has 1 fully saturated rings. The van der Waals surface area contributed by atoms with Crippen molar-refractivity contribution in [1.82, 2.24) is 5.32 Å². The van der Waals surface area contributed by atoms with Crippen molar-refractivity contribution in [2.75, 3.05) is 13.1 Å². The Hall–Kier alpha value is -0.300. The predicted molar refractivity (Wildman–Crippen MR) is 45.0 cm³/mol. The predicted octanol–water partition coefficient (Wildman–Crippen LogP) is 1.81. The molecule has 1 aliphatic heterocycles. The highest BCUT2D eigenvalue weighted by molar-refractivity contribution is 5.07. The molecule has 1 aliphatic rings. The van der Waals surface area contributed by atoms with E-state index >= 15 is 0 Å². The van der Waals surface area contributed by atoms with Crippen LogP contribution in [-0.4, -0.2) is 13.1 Å². The minimum Gasteiger partial charge on any atom is -0.316 e. The minimum absolute atomic E-state index is 0.422. The lowest BCUT2D eigenvalue weighted by atomic mass is 9.78. The minimum atomic E-state index is 0.422. The average molecular weight is 139 g/mol. The van der Waals surface area contributed by atoms with Gasteiger partial charge in [-0.05, 0) is 18.3 Å². The molecule has 0 aromatic rings. The fraction of sp³-hybridized carbons (Fsp3) is 0.778. The summed E-state index contributed by atoms with van der Waals surface area (Å²) in [4.78, 5) is 0. The standard InChI is InChI=1S/C9H17N/c1-7(2)8-5-10-6-9(8,3)4/h8,10H,1,5-6H2,2-4H3/t8-/m1/s1. The molecule has 1 N–H and O–H groups in total. The molecule has 58 valence electrons. The fourth-order valence-corrected chi connectivity index (χ4v) is 1.78. The van der Waals surface area contributed by atoms with Gasteiger partial charge in [0.2, 0.25) is 0 Å². The monoisotopic (exact) mass is 139 g/mol. The maximum absolute atomic E-state index is 3.99. The summed E-state index contributed by atoms with van der Waals surface area (Å²) in [6.45, 7) is 13.0. The maximum atomic E-state index is 3.99. The molecule has 0 saturated carbocycles. The zero-order valence-corrected chi connectivity index (χ0v) is 7.20. The summed E-state index contributed by atoms with van der Waals surface area (Å²) in [7, 11) is 0. The van der Waals surface area contributed by atoms with E-state index in [1.807, 2.05) is 0 Å². The van der Waals surface area contributed by atoms with Crippen LogP contribution < -0.4 is 5.32 Å². The van der Waals surface area contributed by atoms with Gasteiger partial charge in [0.15, 0.2) is 0 Å². The Morgan fingerprint density at radius 2 is 2.20 bits per heavy atom. The summed E-state index contributed by atoms with van der Waals surface area (Å²) < 4.78 is 0. The first-order valence-electron chi connectivity index (χ1n) is 3.90. The van der Waals surface area contributed by atoms with Crippen LogP contribution >= 0.6 is 0 Å². The third kappa shape index (κ3) is 1.24. The highest BCUT2D eigenvalue weighted by Gasteiger charge is 2.34. The normalized spacial score (nSPS) is 30.5. The summed E-state index contributed by atoms with van der Waals surface area (Å²) in [5.41, 5.74) is 1.74. The second kappa shape index (κ2) is 2.39. The van der Waals surface area contributed by atoms with Crippen LogP contribution in [0.4, 0.5) is 0 Å². The van der Waals surface area contributed by atoms with Crippen LogP contribution in [0.25, 0.3) is 0 Å². The van der Waals surface area contributed by atoms with E-state index < -0.39 is 0 Å². The van der Waals surface area contributed by atoms with Crippen LogP contribution in [-0.2, 0) is 0 Å². The summed E-state index contributed by atoms with van der Waals surface area (Å²) in [5.74, 6) is 0.674. The Bertz CT molecular complexity index is 147. The summed E-state index contributed by atoms with van der Waals surface area (Å²) in [6, 6.07) is 0. The van der Waals surface area contributed by atoms with Crippen LogP contribution in [0.15, 0.2) is 12.2 Å². The van der Waals surface area contributed by atoms with Crippen molar-refractivity contribution < 1.29 is 0 Å². The van der Waals surface area contributed by atoms with Gasteiger partial charge in [0.1, 0.15) is 0 Å². The van der Waals surface area contributed by atoms with Gasteiger partial charge in [-0.15, -0.1) is 0 Å². The van der Waals surface area contributed by atoms with E-state index in [1.165, 1.54) is 5.57 Å². The molecule has 1 saturated heterocycles. The van der Waals surface area contributed by atoms with Gasteiger partial charge in [-0.3, -0.25) is 0 Å². The highest BCUT2D eigenvalue weighted by atomic mass is 14.9. The molecule has 0 radical (unpaired) electrons. The Balaban J connectivity index is 2.68. The molecule has 0 aliphatic carbocycles. The van der Waals surface area contributed by atoms with Gasteiger partial charge in [0, 0.05) is 13.1 Å². The van der Waals surface area contributed by atoms with Gasteiger partial charge >= 0.3 is 0 Å². The second-order valence-corrected chi connectivity index (χ2v) is 4.02. The lowest BCUT2D eigenvalue weighted by molar-refractivity contribution is 0.327. The topological polar surface area (TPSA) is 12.0 Å². The van der Waals surface area contributed by atoms with Gasteiger partial charge in [0.25, 0.3) is 0 Å². The zero-order valence-electron chi connectivity index (χ0n) is 7.20. The van der Waals surface area contributed by atoms with Crippen molar-refractivity contribution in [3.63, 3.8) is 0 Å². The van der Waals surface area contributed by atoms with E-state index in [0.717, 1.165) is 13.1 Å². The summed E-state index contributed by atoms with van der Waals surface area (Å²) in [6.07, 6.45) is 0. The molecule has 0 amide bonds. The van der Waals surface area contributed by atoms with E-state index in [0.29, 0.717) is 11.3 Å². The van der Waals surface area contributed by atoms with Crippen LogP contribution in [0.5, 0.6) is 0 Å². The Morgan fingerprint density at radius 1 is 1.60 bits per heavy atom. The number of hydrogen-bond donors (Lipinski definition) is 1. The Kier molecular flexibility index (Phi) is 1.86. The van der Waals surface area contributed by atoms with E-state index in [9.17, 15) is 0 Å². The number of nitrogens with one attached hydrogen (secondary N) is 1. The average Bonchev–Trinajstić information content (AvgIpc) is 2.08. The molecule has 1 atom stereocenters. The molecule has 1 heterocycles. The maximum Gasteiger partial charge on any atom is 0.00225 e. The van der Waals surface area contributed by atoms with Crippen molar-refractivity contribution in [2.45, 2.75) is 20.8 Å². The smallest absolute Gasteiger partial charge is 0.00225 e.